The Hall–Kier alpha value is -1.19. The summed E-state index contributed by atoms with van der Waals surface area (Å²) < 4.78 is 18.1. The van der Waals surface area contributed by atoms with E-state index in [-0.39, 0.29) is 17.8 Å². The molecule has 2 nitrogen and oxygen atoms in total. The molecule has 1 aliphatic carbocycles. The van der Waals surface area contributed by atoms with Crippen molar-refractivity contribution in [3.05, 3.63) is 47.3 Å². The summed E-state index contributed by atoms with van der Waals surface area (Å²) in [6.45, 7) is 4.80. The first-order valence-corrected chi connectivity index (χ1v) is 5.72. The number of allylic oxidation sites excluding steroid dienone is 1. The molecule has 0 saturated carbocycles. The molecule has 0 spiro atoms. The van der Waals surface area contributed by atoms with Gasteiger partial charge in [0.15, 0.2) is 0 Å². The van der Waals surface area contributed by atoms with Crippen LogP contribution in [0.2, 0.25) is 0 Å². The predicted octanol–water partition coefficient (Wildman–Crippen LogP) is 2.67. The lowest BCUT2D eigenvalue weighted by Gasteiger charge is -2.12. The Bertz CT molecular complexity index is 420. The van der Waals surface area contributed by atoms with Crippen molar-refractivity contribution < 1.29 is 14.2 Å². The van der Waals surface area contributed by atoms with Gasteiger partial charge in [-0.05, 0) is 23.3 Å². The topological polar surface area (TPSA) is 29.5 Å². The number of aliphatic hydroxyl groups is 1. The quantitative estimate of drug-likeness (QED) is 0.796. The van der Waals surface area contributed by atoms with Gasteiger partial charge in [0.2, 0.25) is 0 Å². The highest BCUT2D eigenvalue weighted by molar-refractivity contribution is 5.39. The standard InChI is InChI=1S/C14H17FO2/c1-14(2)7-12(14)13(16)9-17-8-10-3-5-11(15)6-4-10/h3-7,13,16H,8-9H2,1-2H3. The van der Waals surface area contributed by atoms with E-state index in [1.165, 1.54) is 12.1 Å². The van der Waals surface area contributed by atoms with E-state index in [0.717, 1.165) is 11.1 Å². The number of benzene rings is 1. The van der Waals surface area contributed by atoms with Crippen LogP contribution in [0.5, 0.6) is 0 Å². The second-order valence-corrected chi connectivity index (χ2v) is 4.98. The Morgan fingerprint density at radius 1 is 1.29 bits per heavy atom. The highest BCUT2D eigenvalue weighted by Crippen LogP contribution is 2.44. The van der Waals surface area contributed by atoms with Crippen LogP contribution in [0, 0.1) is 11.2 Å². The Morgan fingerprint density at radius 3 is 2.41 bits per heavy atom. The third-order valence-corrected chi connectivity index (χ3v) is 2.99. The summed E-state index contributed by atoms with van der Waals surface area (Å²) in [6, 6.07) is 6.17. The number of hydrogen-bond donors (Lipinski definition) is 1. The van der Waals surface area contributed by atoms with E-state index in [4.69, 9.17) is 4.74 Å². The Balaban J connectivity index is 1.73. The maximum Gasteiger partial charge on any atom is 0.123 e. The zero-order valence-electron chi connectivity index (χ0n) is 10.1. The first-order chi connectivity index (χ1) is 7.99. The average molecular weight is 236 g/mol. The van der Waals surface area contributed by atoms with Gasteiger partial charge in [-0.25, -0.2) is 4.39 Å². The minimum Gasteiger partial charge on any atom is -0.386 e. The maximum atomic E-state index is 12.6. The van der Waals surface area contributed by atoms with E-state index in [1.807, 2.05) is 6.08 Å². The number of halogens is 1. The van der Waals surface area contributed by atoms with E-state index in [9.17, 15) is 9.50 Å². The van der Waals surface area contributed by atoms with Crippen molar-refractivity contribution in [2.45, 2.75) is 26.6 Å². The highest BCUT2D eigenvalue weighted by Gasteiger charge is 2.38. The Kier molecular flexibility index (Phi) is 3.31. The lowest BCUT2D eigenvalue weighted by atomic mass is 10.0. The zero-order valence-corrected chi connectivity index (χ0v) is 10.1. The molecule has 0 amide bonds. The first-order valence-electron chi connectivity index (χ1n) is 5.72. The smallest absolute Gasteiger partial charge is 0.123 e. The third-order valence-electron chi connectivity index (χ3n) is 2.99. The maximum absolute atomic E-state index is 12.6. The molecule has 0 radical (unpaired) electrons. The van der Waals surface area contributed by atoms with Crippen LogP contribution in [0.15, 0.2) is 35.9 Å². The van der Waals surface area contributed by atoms with Gasteiger partial charge in [0, 0.05) is 5.41 Å². The van der Waals surface area contributed by atoms with Gasteiger partial charge in [-0.3, -0.25) is 0 Å². The van der Waals surface area contributed by atoms with Crippen LogP contribution in [-0.4, -0.2) is 17.8 Å². The predicted molar refractivity (Wildman–Crippen MR) is 63.9 cm³/mol. The largest absolute Gasteiger partial charge is 0.386 e. The first kappa shape index (κ1) is 12.3. The monoisotopic (exact) mass is 236 g/mol. The van der Waals surface area contributed by atoms with Crippen molar-refractivity contribution >= 4 is 0 Å². The molecule has 17 heavy (non-hydrogen) atoms. The van der Waals surface area contributed by atoms with Crippen molar-refractivity contribution in [2.24, 2.45) is 5.41 Å². The van der Waals surface area contributed by atoms with E-state index in [1.54, 1.807) is 12.1 Å². The van der Waals surface area contributed by atoms with Crippen molar-refractivity contribution in [1.29, 1.82) is 0 Å². The summed E-state index contributed by atoms with van der Waals surface area (Å²) in [4.78, 5) is 0. The minimum atomic E-state index is -0.523. The van der Waals surface area contributed by atoms with Gasteiger partial charge in [0.1, 0.15) is 5.82 Å². The molecule has 1 aromatic carbocycles. The summed E-state index contributed by atoms with van der Waals surface area (Å²) in [7, 11) is 0. The van der Waals surface area contributed by atoms with Crippen LogP contribution >= 0.6 is 0 Å². The van der Waals surface area contributed by atoms with Gasteiger partial charge < -0.3 is 9.84 Å². The van der Waals surface area contributed by atoms with Gasteiger partial charge in [-0.2, -0.15) is 0 Å². The molecule has 0 bridgehead atoms. The van der Waals surface area contributed by atoms with Crippen molar-refractivity contribution in [1.82, 2.24) is 0 Å². The SMILES string of the molecule is CC1(C)C=C1C(O)COCc1ccc(F)cc1. The normalized spacial score (nSPS) is 18.7. The lowest BCUT2D eigenvalue weighted by Crippen LogP contribution is -2.17. The molecule has 2 rings (SSSR count). The van der Waals surface area contributed by atoms with Gasteiger partial charge in [0.25, 0.3) is 0 Å². The molecule has 0 aromatic heterocycles. The summed E-state index contributed by atoms with van der Waals surface area (Å²) in [5.41, 5.74) is 2.00. The second kappa shape index (κ2) is 4.59. The fraction of sp³-hybridized carbons (Fsp3) is 0.429. The van der Waals surface area contributed by atoms with E-state index in [0.29, 0.717) is 6.61 Å². The van der Waals surface area contributed by atoms with Crippen LogP contribution in [0.4, 0.5) is 4.39 Å². The molecular weight excluding hydrogens is 219 g/mol. The Morgan fingerprint density at radius 2 is 1.88 bits per heavy atom. The number of ether oxygens (including phenoxy) is 1. The molecule has 1 N–H and O–H groups in total. The fourth-order valence-electron chi connectivity index (χ4n) is 1.84. The molecule has 92 valence electrons. The fourth-order valence-corrected chi connectivity index (χ4v) is 1.84. The van der Waals surface area contributed by atoms with Gasteiger partial charge in [-0.15, -0.1) is 0 Å². The number of aliphatic hydroxyl groups excluding tert-OH is 1. The molecular formula is C14H17FO2. The molecule has 0 fully saturated rings. The van der Waals surface area contributed by atoms with Gasteiger partial charge in [0.05, 0.1) is 19.3 Å². The van der Waals surface area contributed by atoms with Crippen LogP contribution in [-0.2, 0) is 11.3 Å². The van der Waals surface area contributed by atoms with E-state index in [2.05, 4.69) is 13.8 Å². The van der Waals surface area contributed by atoms with E-state index < -0.39 is 6.10 Å². The minimum absolute atomic E-state index is 0.0542. The molecule has 0 saturated heterocycles. The molecule has 1 aromatic rings. The molecule has 1 atom stereocenters. The summed E-state index contributed by atoms with van der Waals surface area (Å²) in [5, 5.41) is 9.79. The van der Waals surface area contributed by atoms with Gasteiger partial charge >= 0.3 is 0 Å². The number of hydrogen-bond acceptors (Lipinski definition) is 2. The van der Waals surface area contributed by atoms with Crippen LogP contribution in [0.3, 0.4) is 0 Å². The lowest BCUT2D eigenvalue weighted by molar-refractivity contribution is 0.0443. The zero-order chi connectivity index (χ0) is 12.5. The van der Waals surface area contributed by atoms with Crippen LogP contribution < -0.4 is 0 Å². The molecule has 0 heterocycles. The van der Waals surface area contributed by atoms with Crippen molar-refractivity contribution in [3.63, 3.8) is 0 Å². The molecule has 1 aliphatic rings. The van der Waals surface area contributed by atoms with Crippen molar-refractivity contribution in [3.8, 4) is 0 Å². The average Bonchev–Trinajstić information content (AvgIpc) is 2.91. The molecule has 0 aliphatic heterocycles. The van der Waals surface area contributed by atoms with Gasteiger partial charge in [-0.1, -0.05) is 32.1 Å². The van der Waals surface area contributed by atoms with Crippen LogP contribution in [0.1, 0.15) is 19.4 Å². The molecule has 3 heteroatoms. The summed E-state index contributed by atoms with van der Waals surface area (Å²) >= 11 is 0. The summed E-state index contributed by atoms with van der Waals surface area (Å²) in [6.07, 6.45) is 1.52. The number of rotatable bonds is 5. The molecule has 1 unspecified atom stereocenters. The highest BCUT2D eigenvalue weighted by atomic mass is 19.1. The Labute approximate surface area is 101 Å². The van der Waals surface area contributed by atoms with Crippen LogP contribution in [0.25, 0.3) is 0 Å². The van der Waals surface area contributed by atoms with E-state index >= 15 is 0 Å². The van der Waals surface area contributed by atoms with Crippen molar-refractivity contribution in [2.75, 3.05) is 6.61 Å². The summed E-state index contributed by atoms with van der Waals surface area (Å²) in [5.74, 6) is -0.251. The second-order valence-electron chi connectivity index (χ2n) is 4.98. The third kappa shape index (κ3) is 3.14.